The molecule has 0 aliphatic heterocycles. The van der Waals surface area contributed by atoms with E-state index in [0.717, 1.165) is 16.9 Å². The molecule has 0 fully saturated rings. The molecule has 0 atom stereocenters. The number of rotatable bonds is 11. The number of nitrogen functional groups attached to an aromatic ring is 1. The predicted molar refractivity (Wildman–Crippen MR) is 155 cm³/mol. The van der Waals surface area contributed by atoms with E-state index in [2.05, 4.69) is 10.6 Å². The third-order valence-electron chi connectivity index (χ3n) is 5.59. The molecule has 0 radical (unpaired) electrons. The van der Waals surface area contributed by atoms with Crippen molar-refractivity contribution >= 4 is 60.3 Å². The molecule has 0 aliphatic carbocycles. The SMILES string of the molecule is CSc1sc(C(=N)N)cc1S(=O)(=O)c1cccc(-c2c(C)cccc2NC(=O)NCCCCS(C)(=O)=O)c1. The molecule has 5 N–H and O–H groups in total. The van der Waals surface area contributed by atoms with E-state index in [1.807, 2.05) is 13.0 Å². The van der Waals surface area contributed by atoms with Crippen molar-refractivity contribution in [1.29, 1.82) is 5.41 Å². The molecule has 13 heteroatoms. The van der Waals surface area contributed by atoms with Gasteiger partial charge in [-0.05, 0) is 61.4 Å². The fourth-order valence-corrected chi connectivity index (χ4v) is 8.41. The minimum atomic E-state index is -3.91. The van der Waals surface area contributed by atoms with Gasteiger partial charge in [-0.3, -0.25) is 5.41 Å². The lowest BCUT2D eigenvalue weighted by molar-refractivity contribution is 0.252. The van der Waals surface area contributed by atoms with Gasteiger partial charge in [0.05, 0.1) is 24.6 Å². The van der Waals surface area contributed by atoms with Crippen LogP contribution in [-0.4, -0.2) is 53.5 Å². The Morgan fingerprint density at radius 3 is 2.45 bits per heavy atom. The molecule has 1 aromatic heterocycles. The second-order valence-electron chi connectivity index (χ2n) is 8.63. The molecule has 0 spiro atoms. The van der Waals surface area contributed by atoms with Crippen molar-refractivity contribution in [1.82, 2.24) is 5.32 Å². The van der Waals surface area contributed by atoms with E-state index < -0.39 is 25.7 Å². The summed E-state index contributed by atoms with van der Waals surface area (Å²) in [5.41, 5.74) is 8.23. The number of thioether (sulfide) groups is 1. The summed E-state index contributed by atoms with van der Waals surface area (Å²) >= 11 is 2.44. The van der Waals surface area contributed by atoms with Gasteiger partial charge in [0.25, 0.3) is 0 Å². The fraction of sp³-hybridized carbons (Fsp3) is 0.280. The van der Waals surface area contributed by atoms with Crippen LogP contribution in [0, 0.1) is 12.3 Å². The number of carbonyl (C=O) groups excluding carboxylic acids is 1. The highest BCUT2D eigenvalue weighted by Crippen LogP contribution is 2.38. The number of hydrogen-bond acceptors (Lipinski definition) is 8. The van der Waals surface area contributed by atoms with Crippen LogP contribution in [0.5, 0.6) is 0 Å². The van der Waals surface area contributed by atoms with Crippen LogP contribution >= 0.6 is 23.1 Å². The number of nitrogens with two attached hydrogens (primary N) is 1. The minimum absolute atomic E-state index is 0.0669. The van der Waals surface area contributed by atoms with E-state index in [0.29, 0.717) is 45.3 Å². The molecule has 0 saturated heterocycles. The first kappa shape index (κ1) is 29.7. The van der Waals surface area contributed by atoms with E-state index >= 15 is 0 Å². The Kier molecular flexibility index (Phi) is 9.63. The van der Waals surface area contributed by atoms with Gasteiger partial charge < -0.3 is 16.4 Å². The van der Waals surface area contributed by atoms with Gasteiger partial charge in [0.15, 0.2) is 0 Å². The lowest BCUT2D eigenvalue weighted by Crippen LogP contribution is -2.30. The molecule has 0 saturated carbocycles. The number of sulfone groups is 2. The van der Waals surface area contributed by atoms with Crippen molar-refractivity contribution in [2.24, 2.45) is 5.73 Å². The number of urea groups is 1. The smallest absolute Gasteiger partial charge is 0.319 e. The van der Waals surface area contributed by atoms with Crippen LogP contribution in [-0.2, 0) is 19.7 Å². The number of thiophene rings is 1. The highest BCUT2D eigenvalue weighted by Gasteiger charge is 2.25. The van der Waals surface area contributed by atoms with Crippen LogP contribution < -0.4 is 16.4 Å². The molecule has 38 heavy (non-hydrogen) atoms. The fourth-order valence-electron chi connectivity index (χ4n) is 3.78. The molecule has 0 unspecified atom stereocenters. The Morgan fingerprint density at radius 2 is 1.79 bits per heavy atom. The van der Waals surface area contributed by atoms with E-state index in [-0.39, 0.29) is 21.4 Å². The van der Waals surface area contributed by atoms with Crippen molar-refractivity contribution in [2.75, 3.05) is 30.1 Å². The van der Waals surface area contributed by atoms with Crippen LogP contribution in [0.15, 0.2) is 62.5 Å². The van der Waals surface area contributed by atoms with Crippen molar-refractivity contribution < 1.29 is 21.6 Å². The number of carbonyl (C=O) groups is 1. The average molecular weight is 595 g/mol. The summed E-state index contributed by atoms with van der Waals surface area (Å²) in [5, 5.41) is 13.2. The van der Waals surface area contributed by atoms with Gasteiger partial charge in [-0.1, -0.05) is 24.3 Å². The summed E-state index contributed by atoms with van der Waals surface area (Å²) < 4.78 is 50.2. The highest BCUT2D eigenvalue weighted by atomic mass is 32.2. The number of amidine groups is 1. The number of unbranched alkanes of at least 4 members (excludes halogenated alkanes) is 1. The first-order chi connectivity index (χ1) is 17.8. The quantitative estimate of drug-likeness (QED) is 0.110. The topological polar surface area (TPSA) is 159 Å². The lowest BCUT2D eigenvalue weighted by Gasteiger charge is -2.16. The first-order valence-corrected chi connectivity index (χ1v) is 17.1. The number of anilines is 1. The number of amides is 2. The highest BCUT2D eigenvalue weighted by molar-refractivity contribution is 8.01. The number of nitrogens with one attached hydrogen (secondary N) is 3. The third-order valence-corrected chi connectivity index (χ3v) is 11.0. The Balaban J connectivity index is 1.87. The average Bonchev–Trinajstić information content (AvgIpc) is 3.29. The number of aryl methyl sites for hydroxylation is 1. The summed E-state index contributed by atoms with van der Waals surface area (Å²) in [5.74, 6) is -0.123. The molecule has 9 nitrogen and oxygen atoms in total. The van der Waals surface area contributed by atoms with Crippen molar-refractivity contribution in [3.05, 3.63) is 59.0 Å². The van der Waals surface area contributed by atoms with Gasteiger partial charge in [-0.25, -0.2) is 21.6 Å². The van der Waals surface area contributed by atoms with Gasteiger partial charge >= 0.3 is 6.03 Å². The van der Waals surface area contributed by atoms with Crippen LogP contribution in [0.1, 0.15) is 23.3 Å². The predicted octanol–water partition coefficient (Wildman–Crippen LogP) is 4.51. The minimum Gasteiger partial charge on any atom is -0.383 e. The molecular formula is C25H30N4O5S4. The summed E-state index contributed by atoms with van der Waals surface area (Å²) in [6.07, 6.45) is 3.92. The van der Waals surface area contributed by atoms with Crippen LogP contribution in [0.4, 0.5) is 10.5 Å². The Morgan fingerprint density at radius 1 is 1.08 bits per heavy atom. The summed E-state index contributed by atoms with van der Waals surface area (Å²) in [6, 6.07) is 12.9. The lowest BCUT2D eigenvalue weighted by atomic mass is 9.98. The van der Waals surface area contributed by atoms with Crippen molar-refractivity contribution in [3.8, 4) is 11.1 Å². The van der Waals surface area contributed by atoms with E-state index in [9.17, 15) is 21.6 Å². The Bertz CT molecular complexity index is 1560. The van der Waals surface area contributed by atoms with Gasteiger partial charge in [-0.15, -0.1) is 23.1 Å². The number of hydrogen-bond donors (Lipinski definition) is 4. The standard InChI is InChI=1S/C25H30N4O5S4/c1-16-8-6-11-19(29-25(30)28-12-4-5-13-37(3,31)32)22(16)17-9-7-10-18(14-17)38(33,34)21-15-20(23(26)27)36-24(21)35-2/h6-11,14-15H,4-5,12-13H2,1-3H3,(H3,26,27)(H2,28,29,30). The normalized spacial score (nSPS) is 11.8. The molecule has 1 heterocycles. The van der Waals surface area contributed by atoms with Gasteiger partial charge in [0, 0.05) is 24.1 Å². The largest absolute Gasteiger partial charge is 0.383 e. The summed E-state index contributed by atoms with van der Waals surface area (Å²) in [6.45, 7) is 2.19. The second-order valence-corrected chi connectivity index (χ2v) is 14.9. The first-order valence-electron chi connectivity index (χ1n) is 11.5. The molecule has 0 bridgehead atoms. The van der Waals surface area contributed by atoms with E-state index in [1.54, 1.807) is 36.6 Å². The molecule has 0 aliphatic rings. The third kappa shape index (κ3) is 7.37. The number of benzene rings is 2. The molecular weight excluding hydrogens is 565 g/mol. The Labute approximate surface area is 231 Å². The molecule has 3 aromatic rings. The maximum Gasteiger partial charge on any atom is 0.319 e. The van der Waals surface area contributed by atoms with Crippen molar-refractivity contribution in [3.63, 3.8) is 0 Å². The maximum atomic E-state index is 13.6. The molecule has 2 aromatic carbocycles. The summed E-state index contributed by atoms with van der Waals surface area (Å²) in [7, 11) is -6.95. The maximum absolute atomic E-state index is 13.6. The van der Waals surface area contributed by atoms with Gasteiger partial charge in [0.1, 0.15) is 15.7 Å². The van der Waals surface area contributed by atoms with Gasteiger partial charge in [0.2, 0.25) is 9.84 Å². The summed E-state index contributed by atoms with van der Waals surface area (Å²) in [4.78, 5) is 13.1. The van der Waals surface area contributed by atoms with Crippen LogP contribution in [0.2, 0.25) is 0 Å². The van der Waals surface area contributed by atoms with Crippen molar-refractivity contribution in [2.45, 2.75) is 33.8 Å². The van der Waals surface area contributed by atoms with E-state index in [4.69, 9.17) is 11.1 Å². The zero-order chi connectivity index (χ0) is 28.1. The van der Waals surface area contributed by atoms with Crippen LogP contribution in [0.25, 0.3) is 11.1 Å². The zero-order valence-electron chi connectivity index (χ0n) is 21.2. The molecule has 3 rings (SSSR count). The monoisotopic (exact) mass is 594 g/mol. The zero-order valence-corrected chi connectivity index (χ0v) is 24.5. The van der Waals surface area contributed by atoms with E-state index in [1.165, 1.54) is 30.2 Å². The second kappa shape index (κ2) is 12.3. The Hall–Kier alpha value is -2.87. The van der Waals surface area contributed by atoms with Gasteiger partial charge in [-0.2, -0.15) is 0 Å². The van der Waals surface area contributed by atoms with Crippen LogP contribution in [0.3, 0.4) is 0 Å². The molecule has 2 amide bonds. The molecule has 204 valence electrons.